The highest BCUT2D eigenvalue weighted by Crippen LogP contribution is 2.66. The second-order valence-electron chi connectivity index (χ2n) is 12.2. The Hall–Kier alpha value is -2.18. The van der Waals surface area contributed by atoms with Crippen molar-refractivity contribution < 1.29 is 24.3 Å². The van der Waals surface area contributed by atoms with Gasteiger partial charge in [-0.3, -0.25) is 9.59 Å². The van der Waals surface area contributed by atoms with Gasteiger partial charge in [-0.25, -0.2) is 4.79 Å². The fourth-order valence-electron chi connectivity index (χ4n) is 8.89. The number of carboxylic acids is 1. The number of hydrogen-bond acceptors (Lipinski definition) is 5. The topological polar surface area (TPSA) is 96.3 Å². The van der Waals surface area contributed by atoms with Gasteiger partial charge >= 0.3 is 5.97 Å². The van der Waals surface area contributed by atoms with E-state index < -0.39 is 12.0 Å². The third-order valence-electron chi connectivity index (χ3n) is 10.7. The molecule has 7 nitrogen and oxygen atoms in total. The Morgan fingerprint density at radius 1 is 1.09 bits per heavy atom. The summed E-state index contributed by atoms with van der Waals surface area (Å²) in [5, 5.41) is 13.6. The molecule has 0 unspecified atom stereocenters. The van der Waals surface area contributed by atoms with Crippen LogP contribution >= 0.6 is 0 Å². The molecule has 0 radical (unpaired) electrons. The highest BCUT2D eigenvalue weighted by molar-refractivity contribution is 5.96. The standard InChI is InChI=1S/C28H40N2O5/c1-17(31)21-8-9-22-20-7-6-18-15-19(10-12-27(18,2)23(20)11-13-28(21,22)3)29-35-16-25(32)30-14-4-5-24(30)26(33)34/h15,20-24H,4-14,16H2,1-3H3,(H,33,34)/b29-19-/t20-,21+,22-,23-,24+,27-,28+/m0/s1. The smallest absolute Gasteiger partial charge is 0.326 e. The summed E-state index contributed by atoms with van der Waals surface area (Å²) in [5.41, 5.74) is 2.71. The van der Waals surface area contributed by atoms with E-state index in [1.165, 1.54) is 29.7 Å². The van der Waals surface area contributed by atoms with E-state index in [1.54, 1.807) is 6.92 Å². The minimum atomic E-state index is -0.952. The fraction of sp³-hybridized carbons (Fsp3) is 0.786. The first-order chi connectivity index (χ1) is 16.6. The summed E-state index contributed by atoms with van der Waals surface area (Å²) in [6, 6.07) is -0.741. The number of Topliss-reactive ketones (excluding diaryl/α,β-unsaturated/α-hetero) is 1. The average Bonchev–Trinajstić information content (AvgIpc) is 3.44. The normalized spacial score (nSPS) is 41.6. The number of rotatable bonds is 5. The Labute approximate surface area is 208 Å². The van der Waals surface area contributed by atoms with Crippen LogP contribution in [0.25, 0.3) is 0 Å². The Morgan fingerprint density at radius 2 is 1.89 bits per heavy atom. The number of oxime groups is 1. The predicted octanol–water partition coefficient (Wildman–Crippen LogP) is 4.60. The molecular weight excluding hydrogens is 444 g/mol. The molecule has 35 heavy (non-hydrogen) atoms. The minimum absolute atomic E-state index is 0.178. The number of allylic oxidation sites excluding steroid dienone is 2. The van der Waals surface area contributed by atoms with Crippen LogP contribution in [0.2, 0.25) is 0 Å². The average molecular weight is 485 g/mol. The maximum atomic E-state index is 12.5. The van der Waals surface area contributed by atoms with E-state index in [2.05, 4.69) is 25.1 Å². The van der Waals surface area contributed by atoms with Crippen molar-refractivity contribution in [3.8, 4) is 0 Å². The van der Waals surface area contributed by atoms with Gasteiger partial charge in [0.15, 0.2) is 6.61 Å². The Bertz CT molecular complexity index is 972. The molecule has 1 heterocycles. The van der Waals surface area contributed by atoms with Gasteiger partial charge in [0, 0.05) is 12.5 Å². The SMILES string of the molecule is CC(=O)[C@H]1CC[C@H]2[C@@H]3CCC4=C/C(=N\OCC(=O)N5CCC[C@@H]5C(=O)O)CC[C@]4(C)[C@H]3CC[C@]12C. The summed E-state index contributed by atoms with van der Waals surface area (Å²) in [4.78, 5) is 43.0. The van der Waals surface area contributed by atoms with Gasteiger partial charge in [0.1, 0.15) is 11.8 Å². The molecule has 0 aromatic rings. The van der Waals surface area contributed by atoms with Crippen LogP contribution in [-0.2, 0) is 19.2 Å². The molecule has 5 aliphatic rings. The lowest BCUT2D eigenvalue weighted by Gasteiger charge is -2.58. The zero-order valence-electron chi connectivity index (χ0n) is 21.4. The molecule has 4 fully saturated rings. The molecule has 1 N–H and O–H groups in total. The molecule has 192 valence electrons. The first-order valence-electron chi connectivity index (χ1n) is 13.6. The molecule has 7 atom stereocenters. The summed E-state index contributed by atoms with van der Waals surface area (Å²) in [5.74, 6) is 1.41. The third-order valence-corrected chi connectivity index (χ3v) is 10.7. The van der Waals surface area contributed by atoms with E-state index in [-0.39, 0.29) is 29.3 Å². The van der Waals surface area contributed by atoms with Crippen molar-refractivity contribution in [1.29, 1.82) is 0 Å². The molecule has 5 rings (SSSR count). The van der Waals surface area contributed by atoms with E-state index in [0.717, 1.165) is 37.8 Å². The number of carboxylic acid groups (broad SMARTS) is 1. The van der Waals surface area contributed by atoms with Gasteiger partial charge in [-0.15, -0.1) is 0 Å². The molecule has 0 aromatic heterocycles. The first-order valence-corrected chi connectivity index (χ1v) is 13.6. The van der Waals surface area contributed by atoms with Gasteiger partial charge in [-0.2, -0.15) is 0 Å². The Balaban J connectivity index is 1.24. The molecule has 0 bridgehead atoms. The number of amides is 1. The van der Waals surface area contributed by atoms with E-state index >= 15 is 0 Å². The zero-order chi connectivity index (χ0) is 25.0. The van der Waals surface area contributed by atoms with E-state index in [9.17, 15) is 19.5 Å². The highest BCUT2D eigenvalue weighted by Gasteiger charge is 2.59. The van der Waals surface area contributed by atoms with Gasteiger partial charge < -0.3 is 14.8 Å². The summed E-state index contributed by atoms with van der Waals surface area (Å²) in [6.07, 6.45) is 12.2. The lowest BCUT2D eigenvalue weighted by atomic mass is 9.46. The lowest BCUT2D eigenvalue weighted by molar-refractivity contribution is -0.150. The molecule has 1 saturated heterocycles. The van der Waals surface area contributed by atoms with Gasteiger partial charge in [0.25, 0.3) is 5.91 Å². The maximum Gasteiger partial charge on any atom is 0.326 e. The first kappa shape index (κ1) is 24.5. The molecule has 7 heteroatoms. The molecule has 1 aliphatic heterocycles. The summed E-state index contributed by atoms with van der Waals surface area (Å²) >= 11 is 0. The van der Waals surface area contributed by atoms with Gasteiger partial charge in [-0.05, 0) is 106 Å². The number of nitrogens with zero attached hydrogens (tertiary/aromatic N) is 2. The van der Waals surface area contributed by atoms with Crippen molar-refractivity contribution >= 4 is 23.4 Å². The lowest BCUT2D eigenvalue weighted by Crippen LogP contribution is -2.51. The second-order valence-corrected chi connectivity index (χ2v) is 12.2. The van der Waals surface area contributed by atoms with Crippen molar-refractivity contribution in [2.75, 3.05) is 13.2 Å². The van der Waals surface area contributed by atoms with Crippen LogP contribution in [0.5, 0.6) is 0 Å². The van der Waals surface area contributed by atoms with Crippen LogP contribution in [0.1, 0.15) is 85.0 Å². The highest BCUT2D eigenvalue weighted by atomic mass is 16.6. The third kappa shape index (κ3) is 4.03. The van der Waals surface area contributed by atoms with Crippen molar-refractivity contribution in [3.63, 3.8) is 0 Å². The van der Waals surface area contributed by atoms with E-state index in [0.29, 0.717) is 42.9 Å². The fourth-order valence-corrected chi connectivity index (χ4v) is 8.89. The summed E-state index contributed by atoms with van der Waals surface area (Å²) in [6.45, 7) is 6.88. The van der Waals surface area contributed by atoms with E-state index in [4.69, 9.17) is 4.84 Å². The van der Waals surface area contributed by atoms with Gasteiger partial charge in [-0.1, -0.05) is 24.6 Å². The van der Waals surface area contributed by atoms with Crippen LogP contribution in [0.3, 0.4) is 0 Å². The van der Waals surface area contributed by atoms with Crippen molar-refractivity contribution in [1.82, 2.24) is 4.90 Å². The number of fused-ring (bicyclic) bond motifs is 5. The molecule has 0 aromatic carbocycles. The zero-order valence-corrected chi connectivity index (χ0v) is 21.4. The van der Waals surface area contributed by atoms with Crippen LogP contribution in [-0.4, -0.2) is 52.6 Å². The maximum absolute atomic E-state index is 12.5. The van der Waals surface area contributed by atoms with Crippen molar-refractivity contribution in [2.45, 2.75) is 91.0 Å². The number of carbonyl (C=O) groups is 3. The van der Waals surface area contributed by atoms with Crippen LogP contribution in [0.4, 0.5) is 0 Å². The summed E-state index contributed by atoms with van der Waals surface area (Å²) < 4.78 is 0. The van der Waals surface area contributed by atoms with Crippen molar-refractivity contribution in [3.05, 3.63) is 11.6 Å². The quantitative estimate of drug-likeness (QED) is 0.575. The largest absolute Gasteiger partial charge is 0.480 e. The molecule has 4 aliphatic carbocycles. The van der Waals surface area contributed by atoms with E-state index in [1.807, 2.05) is 0 Å². The Kier molecular flexibility index (Phi) is 6.33. The molecule has 3 saturated carbocycles. The van der Waals surface area contributed by atoms with Crippen molar-refractivity contribution in [2.24, 2.45) is 39.7 Å². The number of aliphatic carboxylic acids is 1. The number of ketones is 1. The van der Waals surface area contributed by atoms with Crippen LogP contribution in [0, 0.1) is 34.5 Å². The number of hydrogen-bond donors (Lipinski definition) is 1. The second kappa shape index (κ2) is 9.04. The number of carbonyl (C=O) groups excluding carboxylic acids is 2. The minimum Gasteiger partial charge on any atom is -0.480 e. The Morgan fingerprint density at radius 3 is 2.63 bits per heavy atom. The van der Waals surface area contributed by atoms with Crippen LogP contribution in [0.15, 0.2) is 16.8 Å². The summed E-state index contributed by atoms with van der Waals surface area (Å²) in [7, 11) is 0. The number of likely N-dealkylation sites (tertiary alicyclic amines) is 1. The van der Waals surface area contributed by atoms with Crippen LogP contribution < -0.4 is 0 Å². The monoisotopic (exact) mass is 484 g/mol. The molecule has 1 amide bonds. The molecular formula is C28H40N2O5. The van der Waals surface area contributed by atoms with Gasteiger partial charge in [0.05, 0.1) is 5.71 Å². The molecule has 0 spiro atoms. The van der Waals surface area contributed by atoms with Gasteiger partial charge in [0.2, 0.25) is 0 Å². The predicted molar refractivity (Wildman–Crippen MR) is 132 cm³/mol.